The SMILES string of the molecule is C=C(C)c1cc(NC(=O)OC(C)(C)C)c(C)s1. The lowest BCUT2D eigenvalue weighted by molar-refractivity contribution is 0.0636. The molecular formula is C13H19NO2S. The minimum atomic E-state index is -0.481. The Bertz CT molecular complexity index is 441. The highest BCUT2D eigenvalue weighted by molar-refractivity contribution is 7.13. The molecular weight excluding hydrogens is 234 g/mol. The van der Waals surface area contributed by atoms with Gasteiger partial charge in [0.2, 0.25) is 0 Å². The summed E-state index contributed by atoms with van der Waals surface area (Å²) >= 11 is 1.61. The van der Waals surface area contributed by atoms with Gasteiger partial charge in [0.05, 0.1) is 5.69 Å². The molecule has 94 valence electrons. The van der Waals surface area contributed by atoms with Crippen molar-refractivity contribution in [3.05, 3.63) is 22.4 Å². The summed E-state index contributed by atoms with van der Waals surface area (Å²) in [7, 11) is 0. The second-order valence-corrected chi connectivity index (χ2v) is 6.24. The van der Waals surface area contributed by atoms with Gasteiger partial charge in [-0.2, -0.15) is 0 Å². The Balaban J connectivity index is 2.75. The number of aryl methyl sites for hydroxylation is 1. The van der Waals surface area contributed by atoms with E-state index in [1.165, 1.54) is 0 Å². The second kappa shape index (κ2) is 4.92. The summed E-state index contributed by atoms with van der Waals surface area (Å²) in [4.78, 5) is 13.7. The standard InChI is InChI=1S/C13H19NO2S/c1-8(2)11-7-10(9(3)17-11)14-12(15)16-13(4,5)6/h7H,1H2,2-6H3,(H,14,15). The van der Waals surface area contributed by atoms with Crippen LogP contribution in [-0.2, 0) is 4.74 Å². The maximum absolute atomic E-state index is 11.6. The molecule has 1 N–H and O–H groups in total. The van der Waals surface area contributed by atoms with Gasteiger partial charge in [0.25, 0.3) is 0 Å². The number of carbonyl (C=O) groups is 1. The van der Waals surface area contributed by atoms with E-state index in [-0.39, 0.29) is 0 Å². The number of hydrogen-bond acceptors (Lipinski definition) is 3. The average molecular weight is 253 g/mol. The van der Waals surface area contributed by atoms with E-state index >= 15 is 0 Å². The van der Waals surface area contributed by atoms with Crippen molar-refractivity contribution in [1.82, 2.24) is 0 Å². The second-order valence-electron chi connectivity index (χ2n) is 4.99. The Morgan fingerprint density at radius 1 is 1.47 bits per heavy atom. The van der Waals surface area contributed by atoms with E-state index < -0.39 is 11.7 Å². The zero-order valence-corrected chi connectivity index (χ0v) is 11.8. The predicted octanol–water partition coefficient (Wildman–Crippen LogP) is 4.44. The van der Waals surface area contributed by atoms with Crippen LogP contribution in [0.5, 0.6) is 0 Å². The summed E-state index contributed by atoms with van der Waals surface area (Å²) in [6.45, 7) is 13.3. The Kier molecular flexibility index (Phi) is 3.98. The topological polar surface area (TPSA) is 38.3 Å². The van der Waals surface area contributed by atoms with E-state index in [2.05, 4.69) is 11.9 Å². The van der Waals surface area contributed by atoms with Gasteiger partial charge in [0, 0.05) is 9.75 Å². The van der Waals surface area contributed by atoms with Crippen LogP contribution in [0.4, 0.5) is 10.5 Å². The minimum Gasteiger partial charge on any atom is -0.444 e. The third-order valence-electron chi connectivity index (χ3n) is 1.97. The molecule has 1 aromatic rings. The van der Waals surface area contributed by atoms with E-state index in [1.807, 2.05) is 40.7 Å². The molecule has 0 bridgehead atoms. The Labute approximate surface area is 106 Å². The average Bonchev–Trinajstić information content (AvgIpc) is 2.44. The molecule has 0 unspecified atom stereocenters. The highest BCUT2D eigenvalue weighted by Gasteiger charge is 2.17. The van der Waals surface area contributed by atoms with Gasteiger partial charge in [0.1, 0.15) is 5.60 Å². The summed E-state index contributed by atoms with van der Waals surface area (Å²) < 4.78 is 5.20. The van der Waals surface area contributed by atoms with Crippen molar-refractivity contribution in [2.24, 2.45) is 0 Å². The van der Waals surface area contributed by atoms with Crippen LogP contribution in [0.15, 0.2) is 12.6 Å². The van der Waals surface area contributed by atoms with Crippen molar-refractivity contribution >= 4 is 28.7 Å². The van der Waals surface area contributed by atoms with E-state index in [0.29, 0.717) is 0 Å². The number of ether oxygens (including phenoxy) is 1. The fourth-order valence-electron chi connectivity index (χ4n) is 1.23. The first-order chi connectivity index (χ1) is 7.69. The molecule has 0 aliphatic carbocycles. The fourth-order valence-corrected chi connectivity index (χ4v) is 2.13. The lowest BCUT2D eigenvalue weighted by atomic mass is 10.2. The van der Waals surface area contributed by atoms with Crippen LogP contribution in [-0.4, -0.2) is 11.7 Å². The number of anilines is 1. The molecule has 4 heteroatoms. The van der Waals surface area contributed by atoms with E-state index in [4.69, 9.17) is 4.74 Å². The zero-order chi connectivity index (χ0) is 13.2. The van der Waals surface area contributed by atoms with Gasteiger partial charge in [-0.05, 0) is 46.3 Å². The monoisotopic (exact) mass is 253 g/mol. The van der Waals surface area contributed by atoms with Crippen molar-refractivity contribution in [3.8, 4) is 0 Å². The third kappa shape index (κ3) is 4.23. The zero-order valence-electron chi connectivity index (χ0n) is 11.0. The fraction of sp³-hybridized carbons (Fsp3) is 0.462. The molecule has 3 nitrogen and oxygen atoms in total. The molecule has 0 atom stereocenters. The number of hydrogen-bond donors (Lipinski definition) is 1. The normalized spacial score (nSPS) is 11.1. The van der Waals surface area contributed by atoms with Gasteiger partial charge in [-0.1, -0.05) is 6.58 Å². The van der Waals surface area contributed by atoms with Crippen LogP contribution in [0.2, 0.25) is 0 Å². The summed E-state index contributed by atoms with van der Waals surface area (Å²) in [6, 6.07) is 1.92. The van der Waals surface area contributed by atoms with Crippen LogP contribution >= 0.6 is 11.3 Å². The molecule has 0 saturated heterocycles. The summed E-state index contributed by atoms with van der Waals surface area (Å²) in [5.41, 5.74) is 1.31. The number of rotatable bonds is 2. The first-order valence-corrected chi connectivity index (χ1v) is 6.27. The van der Waals surface area contributed by atoms with E-state index in [9.17, 15) is 4.79 Å². The molecule has 0 spiro atoms. The van der Waals surface area contributed by atoms with Crippen LogP contribution in [0, 0.1) is 6.92 Å². The van der Waals surface area contributed by atoms with Crippen LogP contribution in [0.1, 0.15) is 37.4 Å². The smallest absolute Gasteiger partial charge is 0.412 e. The Morgan fingerprint density at radius 3 is 2.47 bits per heavy atom. The minimum absolute atomic E-state index is 0.424. The molecule has 0 radical (unpaired) electrons. The largest absolute Gasteiger partial charge is 0.444 e. The van der Waals surface area contributed by atoms with Crippen LogP contribution in [0.3, 0.4) is 0 Å². The van der Waals surface area contributed by atoms with Crippen LogP contribution in [0.25, 0.3) is 5.57 Å². The lowest BCUT2D eigenvalue weighted by Crippen LogP contribution is -2.27. The third-order valence-corrected chi connectivity index (χ3v) is 3.19. The first kappa shape index (κ1) is 13.8. The maximum atomic E-state index is 11.6. The Hall–Kier alpha value is -1.29. The lowest BCUT2D eigenvalue weighted by Gasteiger charge is -2.19. The van der Waals surface area contributed by atoms with Crippen molar-refractivity contribution in [1.29, 1.82) is 0 Å². The summed E-state index contributed by atoms with van der Waals surface area (Å²) in [6.07, 6.45) is -0.424. The highest BCUT2D eigenvalue weighted by Crippen LogP contribution is 2.30. The molecule has 1 amide bonds. The van der Waals surface area contributed by atoms with Gasteiger partial charge in [0.15, 0.2) is 0 Å². The van der Waals surface area contributed by atoms with Gasteiger partial charge >= 0.3 is 6.09 Å². The van der Waals surface area contributed by atoms with E-state index in [1.54, 1.807) is 11.3 Å². The van der Waals surface area contributed by atoms with Gasteiger partial charge in [-0.15, -0.1) is 11.3 Å². The van der Waals surface area contributed by atoms with Gasteiger partial charge < -0.3 is 4.74 Å². The number of allylic oxidation sites excluding steroid dienone is 1. The molecule has 0 aliphatic heterocycles. The Morgan fingerprint density at radius 2 is 2.06 bits per heavy atom. The molecule has 0 fully saturated rings. The predicted molar refractivity (Wildman–Crippen MR) is 73.6 cm³/mol. The highest BCUT2D eigenvalue weighted by atomic mass is 32.1. The molecule has 0 aliphatic rings. The van der Waals surface area contributed by atoms with E-state index in [0.717, 1.165) is 21.0 Å². The van der Waals surface area contributed by atoms with Crippen molar-refractivity contribution in [3.63, 3.8) is 0 Å². The van der Waals surface area contributed by atoms with Gasteiger partial charge in [-0.3, -0.25) is 5.32 Å². The molecule has 1 rings (SSSR count). The number of amides is 1. The van der Waals surface area contributed by atoms with Crippen LogP contribution < -0.4 is 5.32 Å². The maximum Gasteiger partial charge on any atom is 0.412 e. The van der Waals surface area contributed by atoms with Crippen molar-refractivity contribution in [2.75, 3.05) is 5.32 Å². The number of nitrogens with one attached hydrogen (secondary N) is 1. The summed E-state index contributed by atoms with van der Waals surface area (Å²) in [5.74, 6) is 0. The number of carbonyl (C=O) groups excluding carboxylic acids is 1. The van der Waals surface area contributed by atoms with Crippen molar-refractivity contribution < 1.29 is 9.53 Å². The molecule has 17 heavy (non-hydrogen) atoms. The molecule has 1 heterocycles. The molecule has 0 aromatic carbocycles. The summed E-state index contributed by atoms with van der Waals surface area (Å²) in [5, 5.41) is 2.75. The number of thiophene rings is 1. The molecule has 1 aromatic heterocycles. The quantitative estimate of drug-likeness (QED) is 0.846. The molecule has 0 saturated carbocycles. The first-order valence-electron chi connectivity index (χ1n) is 5.45. The van der Waals surface area contributed by atoms with Crippen molar-refractivity contribution in [2.45, 2.75) is 40.2 Å². The van der Waals surface area contributed by atoms with Gasteiger partial charge in [-0.25, -0.2) is 4.79 Å².